The fourth-order valence-corrected chi connectivity index (χ4v) is 2.68. The number of hydrogen-bond acceptors (Lipinski definition) is 3. The van der Waals surface area contributed by atoms with E-state index in [1.54, 1.807) is 21.3 Å². The second kappa shape index (κ2) is 9.75. The lowest BCUT2D eigenvalue weighted by Crippen LogP contribution is -2.39. The summed E-state index contributed by atoms with van der Waals surface area (Å²) in [5.74, 6) is 1.04. The van der Waals surface area contributed by atoms with Crippen molar-refractivity contribution >= 4 is 5.96 Å². The molecule has 0 aliphatic rings. The van der Waals surface area contributed by atoms with E-state index in [1.807, 2.05) is 30.1 Å². The van der Waals surface area contributed by atoms with Crippen LogP contribution in [0.3, 0.4) is 0 Å². The minimum absolute atomic E-state index is 0.150. The Hall–Kier alpha value is -2.83. The molecule has 0 aromatic heterocycles. The van der Waals surface area contributed by atoms with Crippen LogP contribution in [-0.4, -0.2) is 45.7 Å². The van der Waals surface area contributed by atoms with Gasteiger partial charge in [-0.3, -0.25) is 4.99 Å². The number of nitrogens with zero attached hydrogens (tertiary/aromatic N) is 2. The Labute approximate surface area is 158 Å². The zero-order valence-electron chi connectivity index (χ0n) is 16.1. The number of hydrogen-bond donors (Lipinski definition) is 1. The number of likely N-dealkylation sites (N-methyl/N-ethyl adjacent to an activating group) is 1. The highest BCUT2D eigenvalue weighted by Gasteiger charge is 2.10. The van der Waals surface area contributed by atoms with E-state index < -0.39 is 11.6 Å². The predicted molar refractivity (Wildman–Crippen MR) is 102 cm³/mol. The Balaban J connectivity index is 1.95. The van der Waals surface area contributed by atoms with Gasteiger partial charge in [0.05, 0.1) is 14.2 Å². The van der Waals surface area contributed by atoms with Gasteiger partial charge in [-0.05, 0) is 42.3 Å². The van der Waals surface area contributed by atoms with E-state index in [4.69, 9.17) is 9.47 Å². The standard InChI is InChI=1S/C20H25F2N3O2/c1-23-20(24-13-15-12-16(21)6-7-17(15)22)25(2)10-9-14-5-8-18(26-3)19(11-14)27-4/h5-8,11-12H,9-10,13H2,1-4H3,(H,23,24). The number of nitrogens with one attached hydrogen (secondary N) is 1. The molecule has 0 heterocycles. The van der Waals surface area contributed by atoms with Crippen molar-refractivity contribution in [3.63, 3.8) is 0 Å². The van der Waals surface area contributed by atoms with Gasteiger partial charge in [-0.1, -0.05) is 6.07 Å². The molecule has 27 heavy (non-hydrogen) atoms. The van der Waals surface area contributed by atoms with Gasteiger partial charge < -0.3 is 19.7 Å². The summed E-state index contributed by atoms with van der Waals surface area (Å²) in [6, 6.07) is 9.19. The number of benzene rings is 2. The molecule has 0 aliphatic carbocycles. The number of guanidine groups is 1. The van der Waals surface area contributed by atoms with Crippen LogP contribution in [0.2, 0.25) is 0 Å². The van der Waals surface area contributed by atoms with Crippen LogP contribution in [0.25, 0.3) is 0 Å². The van der Waals surface area contributed by atoms with Crippen molar-refractivity contribution in [2.24, 2.45) is 4.99 Å². The summed E-state index contributed by atoms with van der Waals surface area (Å²) in [6.07, 6.45) is 0.756. The Kier molecular flexibility index (Phi) is 7.40. The SMILES string of the molecule is CN=C(NCc1cc(F)ccc1F)N(C)CCc1ccc(OC)c(OC)c1. The van der Waals surface area contributed by atoms with E-state index in [-0.39, 0.29) is 12.1 Å². The molecule has 5 nitrogen and oxygen atoms in total. The van der Waals surface area contributed by atoms with Crippen LogP contribution < -0.4 is 14.8 Å². The molecule has 0 unspecified atom stereocenters. The van der Waals surface area contributed by atoms with Gasteiger partial charge >= 0.3 is 0 Å². The topological polar surface area (TPSA) is 46.1 Å². The molecule has 0 spiro atoms. The molecule has 7 heteroatoms. The number of methoxy groups -OCH3 is 2. The van der Waals surface area contributed by atoms with Crippen molar-refractivity contribution in [2.75, 3.05) is 34.9 Å². The fraction of sp³-hybridized carbons (Fsp3) is 0.350. The van der Waals surface area contributed by atoms with Crippen LogP contribution in [0.5, 0.6) is 11.5 Å². The summed E-state index contributed by atoms with van der Waals surface area (Å²) in [7, 11) is 6.74. The highest BCUT2D eigenvalue weighted by Crippen LogP contribution is 2.27. The van der Waals surface area contributed by atoms with Crippen LogP contribution in [0.15, 0.2) is 41.4 Å². The van der Waals surface area contributed by atoms with E-state index >= 15 is 0 Å². The fourth-order valence-electron chi connectivity index (χ4n) is 2.68. The molecule has 0 fully saturated rings. The average molecular weight is 377 g/mol. The monoisotopic (exact) mass is 377 g/mol. The van der Waals surface area contributed by atoms with E-state index in [1.165, 1.54) is 6.07 Å². The maximum atomic E-state index is 13.7. The lowest BCUT2D eigenvalue weighted by molar-refractivity contribution is 0.354. The summed E-state index contributed by atoms with van der Waals surface area (Å²) in [6.45, 7) is 0.831. The Bertz CT molecular complexity index is 797. The van der Waals surface area contributed by atoms with Gasteiger partial charge in [-0.25, -0.2) is 8.78 Å². The Morgan fingerprint density at radius 2 is 1.81 bits per heavy atom. The first-order valence-electron chi connectivity index (χ1n) is 8.55. The predicted octanol–water partition coefficient (Wildman–Crippen LogP) is 3.23. The Morgan fingerprint density at radius 1 is 1.07 bits per heavy atom. The summed E-state index contributed by atoms with van der Waals surface area (Å²) >= 11 is 0. The lowest BCUT2D eigenvalue weighted by atomic mass is 10.1. The van der Waals surface area contributed by atoms with Crippen molar-refractivity contribution in [1.82, 2.24) is 10.2 Å². The van der Waals surface area contributed by atoms with Crippen molar-refractivity contribution < 1.29 is 18.3 Å². The van der Waals surface area contributed by atoms with Gasteiger partial charge in [-0.15, -0.1) is 0 Å². The molecule has 146 valence electrons. The molecule has 0 radical (unpaired) electrons. The molecular formula is C20H25F2N3O2. The first kappa shape index (κ1) is 20.5. The average Bonchev–Trinajstić information content (AvgIpc) is 2.68. The highest BCUT2D eigenvalue weighted by atomic mass is 19.1. The second-order valence-corrected chi connectivity index (χ2v) is 6.00. The third-order valence-electron chi connectivity index (χ3n) is 4.20. The third kappa shape index (κ3) is 5.57. The molecule has 2 aromatic rings. The summed E-state index contributed by atoms with van der Waals surface area (Å²) in [5, 5.41) is 3.06. The van der Waals surface area contributed by atoms with Gasteiger partial charge in [0.15, 0.2) is 17.5 Å². The smallest absolute Gasteiger partial charge is 0.193 e. The van der Waals surface area contributed by atoms with Gasteiger partial charge in [0.2, 0.25) is 0 Å². The number of ether oxygens (including phenoxy) is 2. The molecule has 1 N–H and O–H groups in total. The van der Waals surface area contributed by atoms with E-state index in [9.17, 15) is 8.78 Å². The molecule has 0 atom stereocenters. The maximum absolute atomic E-state index is 13.7. The van der Waals surface area contributed by atoms with E-state index in [0.717, 1.165) is 24.1 Å². The molecule has 0 bridgehead atoms. The summed E-state index contributed by atoms with van der Waals surface area (Å²) in [4.78, 5) is 6.12. The van der Waals surface area contributed by atoms with E-state index in [2.05, 4.69) is 10.3 Å². The highest BCUT2D eigenvalue weighted by molar-refractivity contribution is 5.79. The van der Waals surface area contributed by atoms with Crippen LogP contribution in [0.4, 0.5) is 8.78 Å². The van der Waals surface area contributed by atoms with Crippen LogP contribution in [0.1, 0.15) is 11.1 Å². The van der Waals surface area contributed by atoms with Crippen LogP contribution in [0, 0.1) is 11.6 Å². The minimum Gasteiger partial charge on any atom is -0.493 e. The summed E-state index contributed by atoms with van der Waals surface area (Å²) < 4.78 is 37.6. The molecule has 0 aliphatic heterocycles. The minimum atomic E-state index is -0.468. The number of rotatable bonds is 7. The van der Waals surface area contributed by atoms with Gasteiger partial charge in [-0.2, -0.15) is 0 Å². The Morgan fingerprint density at radius 3 is 2.48 bits per heavy atom. The molecule has 0 saturated carbocycles. The normalized spacial score (nSPS) is 11.3. The first-order valence-corrected chi connectivity index (χ1v) is 8.55. The third-order valence-corrected chi connectivity index (χ3v) is 4.20. The van der Waals surface area contributed by atoms with Crippen LogP contribution >= 0.6 is 0 Å². The zero-order valence-corrected chi connectivity index (χ0v) is 16.1. The van der Waals surface area contributed by atoms with Gasteiger partial charge in [0.25, 0.3) is 0 Å². The number of halogens is 2. The van der Waals surface area contributed by atoms with Crippen molar-refractivity contribution in [1.29, 1.82) is 0 Å². The lowest BCUT2D eigenvalue weighted by Gasteiger charge is -2.22. The van der Waals surface area contributed by atoms with Crippen molar-refractivity contribution in [3.8, 4) is 11.5 Å². The molecular weight excluding hydrogens is 352 g/mol. The van der Waals surface area contributed by atoms with Crippen LogP contribution in [-0.2, 0) is 13.0 Å². The largest absolute Gasteiger partial charge is 0.493 e. The quantitative estimate of drug-likeness (QED) is 0.594. The second-order valence-electron chi connectivity index (χ2n) is 6.00. The maximum Gasteiger partial charge on any atom is 0.193 e. The molecule has 0 saturated heterocycles. The van der Waals surface area contributed by atoms with Gasteiger partial charge in [0, 0.05) is 32.7 Å². The van der Waals surface area contributed by atoms with E-state index in [0.29, 0.717) is 24.0 Å². The van der Waals surface area contributed by atoms with Crippen molar-refractivity contribution in [3.05, 3.63) is 59.2 Å². The van der Waals surface area contributed by atoms with Crippen molar-refractivity contribution in [2.45, 2.75) is 13.0 Å². The molecule has 0 amide bonds. The zero-order chi connectivity index (χ0) is 19.8. The molecule has 2 aromatic carbocycles. The summed E-state index contributed by atoms with van der Waals surface area (Å²) in [5.41, 5.74) is 1.34. The first-order chi connectivity index (χ1) is 13.0. The number of aliphatic imine (C=N–C) groups is 1. The van der Waals surface area contributed by atoms with Gasteiger partial charge in [0.1, 0.15) is 11.6 Å². The molecule has 2 rings (SSSR count).